The van der Waals surface area contributed by atoms with Crippen LogP contribution in [0.3, 0.4) is 0 Å². The number of aryl methyl sites for hydroxylation is 2. The van der Waals surface area contributed by atoms with E-state index >= 15 is 0 Å². The van der Waals surface area contributed by atoms with Gasteiger partial charge in [0.15, 0.2) is 0 Å². The third-order valence-corrected chi connectivity index (χ3v) is 6.72. The molecule has 1 amide bonds. The summed E-state index contributed by atoms with van der Waals surface area (Å²) in [4.78, 5) is 31.4. The standard InChI is InChI=1S/C29H30BrN3O3/c1-33(2)16-4-6-19-8-12-23(13-9-19)31-28(21-7-3-5-20(17-21)10-15-26(34)35)27-24-14-11-22(30)18-25(24)32-29(27)36/h3,5,7-9,11-14,17-18,27H,4,6,10,15-16H2,1-2H3,(H,32,36)(H,34,35). The summed E-state index contributed by atoms with van der Waals surface area (Å²) >= 11 is 3.48. The number of halogens is 1. The molecule has 2 N–H and O–H groups in total. The normalized spacial score (nSPS) is 15.2. The first-order valence-corrected chi connectivity index (χ1v) is 12.8. The van der Waals surface area contributed by atoms with E-state index < -0.39 is 11.9 Å². The molecule has 6 nitrogen and oxygen atoms in total. The fraction of sp³-hybridized carbons (Fsp3) is 0.276. The van der Waals surface area contributed by atoms with Crippen LogP contribution in [0, 0.1) is 0 Å². The molecule has 0 saturated heterocycles. The fourth-order valence-electron chi connectivity index (χ4n) is 4.41. The van der Waals surface area contributed by atoms with E-state index in [0.29, 0.717) is 12.1 Å². The Bertz CT molecular complexity index is 1290. The Balaban J connectivity index is 1.71. The van der Waals surface area contributed by atoms with E-state index in [9.17, 15) is 9.59 Å². The first-order valence-electron chi connectivity index (χ1n) is 12.0. The molecule has 3 aromatic carbocycles. The molecule has 0 aromatic heterocycles. The molecule has 0 aliphatic carbocycles. The first kappa shape index (κ1) is 25.8. The minimum absolute atomic E-state index is 0.0476. The number of amides is 1. The summed E-state index contributed by atoms with van der Waals surface area (Å²) in [7, 11) is 4.15. The Morgan fingerprint density at radius 3 is 2.53 bits per heavy atom. The van der Waals surface area contributed by atoms with Crippen LogP contribution in [-0.2, 0) is 22.4 Å². The number of anilines is 1. The molecule has 1 aliphatic heterocycles. The van der Waals surface area contributed by atoms with Gasteiger partial charge in [-0.15, -0.1) is 0 Å². The summed E-state index contributed by atoms with van der Waals surface area (Å²) < 4.78 is 0.890. The number of carboxylic acids is 1. The van der Waals surface area contributed by atoms with Gasteiger partial charge in [0.05, 0.1) is 11.4 Å². The quantitative estimate of drug-likeness (QED) is 0.313. The van der Waals surface area contributed by atoms with Crippen molar-refractivity contribution in [1.29, 1.82) is 0 Å². The van der Waals surface area contributed by atoms with Crippen LogP contribution < -0.4 is 5.32 Å². The van der Waals surface area contributed by atoms with E-state index in [1.54, 1.807) is 0 Å². The van der Waals surface area contributed by atoms with E-state index in [4.69, 9.17) is 10.1 Å². The van der Waals surface area contributed by atoms with Crippen LogP contribution in [0.2, 0.25) is 0 Å². The van der Waals surface area contributed by atoms with Gasteiger partial charge in [-0.05, 0) is 92.5 Å². The third-order valence-electron chi connectivity index (χ3n) is 6.23. The van der Waals surface area contributed by atoms with Crippen LogP contribution in [0.4, 0.5) is 11.4 Å². The van der Waals surface area contributed by atoms with Crippen molar-refractivity contribution in [3.05, 3.63) is 93.5 Å². The largest absolute Gasteiger partial charge is 0.481 e. The smallest absolute Gasteiger partial charge is 0.303 e. The molecule has 1 heterocycles. The van der Waals surface area contributed by atoms with Crippen LogP contribution in [0.15, 0.2) is 76.2 Å². The van der Waals surface area contributed by atoms with Crippen LogP contribution in [-0.4, -0.2) is 48.2 Å². The lowest BCUT2D eigenvalue weighted by molar-refractivity contribution is -0.137. The number of carboxylic acid groups (broad SMARTS) is 1. The molecule has 36 heavy (non-hydrogen) atoms. The second-order valence-electron chi connectivity index (χ2n) is 9.32. The highest BCUT2D eigenvalue weighted by molar-refractivity contribution is 9.10. The van der Waals surface area contributed by atoms with Gasteiger partial charge in [0.2, 0.25) is 5.91 Å². The zero-order valence-electron chi connectivity index (χ0n) is 20.5. The molecule has 0 spiro atoms. The Morgan fingerprint density at radius 1 is 1.03 bits per heavy atom. The van der Waals surface area contributed by atoms with Gasteiger partial charge in [-0.2, -0.15) is 0 Å². The molecule has 3 aromatic rings. The highest BCUT2D eigenvalue weighted by atomic mass is 79.9. The Hall–Kier alpha value is -3.29. The molecule has 7 heteroatoms. The monoisotopic (exact) mass is 547 g/mol. The summed E-state index contributed by atoms with van der Waals surface area (Å²) in [5, 5.41) is 12.1. The van der Waals surface area contributed by atoms with Gasteiger partial charge in [-0.3, -0.25) is 14.6 Å². The zero-order chi connectivity index (χ0) is 25.7. The number of benzene rings is 3. The molecule has 4 rings (SSSR count). The average molecular weight is 548 g/mol. The number of nitrogens with one attached hydrogen (secondary N) is 1. The maximum Gasteiger partial charge on any atom is 0.303 e. The van der Waals surface area contributed by atoms with Crippen molar-refractivity contribution in [1.82, 2.24) is 4.90 Å². The van der Waals surface area contributed by atoms with Crippen LogP contribution in [0.5, 0.6) is 0 Å². The van der Waals surface area contributed by atoms with E-state index in [1.807, 2.05) is 54.6 Å². The maximum absolute atomic E-state index is 13.2. The van der Waals surface area contributed by atoms with Gasteiger partial charge in [-0.25, -0.2) is 0 Å². The number of carbonyl (C=O) groups excluding carboxylic acids is 1. The number of hydrogen-bond donors (Lipinski definition) is 2. The lowest BCUT2D eigenvalue weighted by atomic mass is 9.89. The van der Waals surface area contributed by atoms with E-state index in [0.717, 1.165) is 51.9 Å². The number of fused-ring (bicyclic) bond motifs is 1. The van der Waals surface area contributed by atoms with Crippen molar-refractivity contribution in [2.45, 2.75) is 31.6 Å². The molecule has 0 fully saturated rings. The van der Waals surface area contributed by atoms with Crippen molar-refractivity contribution in [3.8, 4) is 0 Å². The number of rotatable bonds is 10. The number of aliphatic imine (C=N–C) groups is 1. The fourth-order valence-corrected chi connectivity index (χ4v) is 4.78. The van der Waals surface area contributed by atoms with Crippen molar-refractivity contribution in [3.63, 3.8) is 0 Å². The highest BCUT2D eigenvalue weighted by Crippen LogP contribution is 2.38. The molecular formula is C29H30BrN3O3. The van der Waals surface area contributed by atoms with Crippen molar-refractivity contribution >= 4 is 44.9 Å². The Labute approximate surface area is 220 Å². The molecule has 0 radical (unpaired) electrons. The van der Waals surface area contributed by atoms with E-state index in [-0.39, 0.29) is 12.3 Å². The summed E-state index contributed by atoms with van der Waals surface area (Å²) in [5.41, 5.74) is 6.02. The highest BCUT2D eigenvalue weighted by Gasteiger charge is 2.35. The first-order chi connectivity index (χ1) is 17.3. The van der Waals surface area contributed by atoms with Crippen LogP contribution in [0.25, 0.3) is 0 Å². The molecule has 1 atom stereocenters. The van der Waals surface area contributed by atoms with Gasteiger partial charge in [0, 0.05) is 16.6 Å². The summed E-state index contributed by atoms with van der Waals surface area (Å²) in [6.07, 6.45) is 2.54. The SMILES string of the molecule is CN(C)CCCc1ccc(N=C(c2cccc(CCC(=O)O)c2)C2C(=O)Nc3cc(Br)ccc32)cc1. The third kappa shape index (κ3) is 6.47. The van der Waals surface area contributed by atoms with E-state index in [1.165, 1.54) is 5.56 Å². The molecular weight excluding hydrogens is 518 g/mol. The maximum atomic E-state index is 13.2. The summed E-state index contributed by atoms with van der Waals surface area (Å²) in [5.74, 6) is -1.53. The molecule has 1 aliphatic rings. The summed E-state index contributed by atoms with van der Waals surface area (Å²) in [6, 6.07) is 21.6. The van der Waals surface area contributed by atoms with Crippen LogP contribution >= 0.6 is 15.9 Å². The lowest BCUT2D eigenvalue weighted by Gasteiger charge is -2.15. The van der Waals surface area contributed by atoms with Crippen molar-refractivity contribution in [2.24, 2.45) is 4.99 Å². The number of carbonyl (C=O) groups is 2. The topological polar surface area (TPSA) is 82.0 Å². The molecule has 1 unspecified atom stereocenters. The van der Waals surface area contributed by atoms with Gasteiger partial charge < -0.3 is 15.3 Å². The van der Waals surface area contributed by atoms with E-state index in [2.05, 4.69) is 52.4 Å². The predicted octanol–water partition coefficient (Wildman–Crippen LogP) is 5.82. The second kappa shape index (κ2) is 11.6. The predicted molar refractivity (Wildman–Crippen MR) is 147 cm³/mol. The van der Waals surface area contributed by atoms with Gasteiger partial charge in [-0.1, -0.05) is 52.3 Å². The van der Waals surface area contributed by atoms with Crippen molar-refractivity contribution in [2.75, 3.05) is 26.0 Å². The Kier molecular flexibility index (Phi) is 8.33. The lowest BCUT2D eigenvalue weighted by Crippen LogP contribution is -2.22. The molecule has 0 saturated carbocycles. The number of nitrogens with zero attached hydrogens (tertiary/aromatic N) is 2. The van der Waals surface area contributed by atoms with Crippen molar-refractivity contribution < 1.29 is 14.7 Å². The number of hydrogen-bond acceptors (Lipinski definition) is 4. The molecule has 186 valence electrons. The van der Waals surface area contributed by atoms with Crippen LogP contribution in [0.1, 0.15) is 41.0 Å². The van der Waals surface area contributed by atoms with Gasteiger partial charge in [0.25, 0.3) is 0 Å². The van der Waals surface area contributed by atoms with Gasteiger partial charge in [0.1, 0.15) is 5.92 Å². The summed E-state index contributed by atoms with van der Waals surface area (Å²) in [6.45, 7) is 1.04. The number of aliphatic carboxylic acids is 1. The van der Waals surface area contributed by atoms with Gasteiger partial charge >= 0.3 is 5.97 Å². The molecule has 0 bridgehead atoms. The zero-order valence-corrected chi connectivity index (χ0v) is 22.1. The Morgan fingerprint density at radius 2 is 1.81 bits per heavy atom. The average Bonchev–Trinajstić information content (AvgIpc) is 3.16. The minimum Gasteiger partial charge on any atom is -0.481 e. The minimum atomic E-state index is -0.838. The second-order valence-corrected chi connectivity index (χ2v) is 10.2.